The second-order valence-electron chi connectivity index (χ2n) is 9.15. The molecule has 5 aromatic rings. The molecule has 3 aromatic carbocycles. The SMILES string of the molecule is CCCCn1c(O)c(N=NC(=O)c2cc(-c3ccc(Br)cc3)nc3ccc(OC)cc23)c2cc(C)ccc21. The number of methoxy groups -OCH3 is 1. The zero-order chi connectivity index (χ0) is 26.8. The van der Waals surface area contributed by atoms with Crippen molar-refractivity contribution in [2.75, 3.05) is 7.11 Å². The lowest BCUT2D eigenvalue weighted by Gasteiger charge is -2.09. The van der Waals surface area contributed by atoms with Gasteiger partial charge >= 0.3 is 0 Å². The summed E-state index contributed by atoms with van der Waals surface area (Å²) in [6.45, 7) is 4.73. The fourth-order valence-electron chi connectivity index (χ4n) is 4.51. The first-order valence-corrected chi connectivity index (χ1v) is 13.2. The summed E-state index contributed by atoms with van der Waals surface area (Å²) in [5, 5.41) is 20.8. The standard InChI is InChI=1S/C30H27BrN4O3/c1-4-5-14-35-27-13-6-18(2)15-24(27)28(30(35)37)33-34-29(36)23-17-26(19-7-9-20(31)10-8-19)32-25-12-11-21(38-3)16-22(23)25/h6-13,15-17,37H,4-5,14H2,1-3H3. The summed E-state index contributed by atoms with van der Waals surface area (Å²) in [7, 11) is 1.57. The van der Waals surface area contributed by atoms with E-state index in [9.17, 15) is 9.90 Å². The molecule has 0 atom stereocenters. The molecule has 0 saturated carbocycles. The van der Waals surface area contributed by atoms with E-state index in [4.69, 9.17) is 9.72 Å². The topological polar surface area (TPSA) is 89.1 Å². The lowest BCUT2D eigenvalue weighted by Crippen LogP contribution is -1.99. The molecule has 0 fully saturated rings. The zero-order valence-corrected chi connectivity index (χ0v) is 23.0. The van der Waals surface area contributed by atoms with E-state index in [0.29, 0.717) is 34.5 Å². The van der Waals surface area contributed by atoms with Gasteiger partial charge in [-0.1, -0.05) is 53.0 Å². The number of azo groups is 1. The molecule has 0 aliphatic carbocycles. The molecule has 8 heteroatoms. The van der Waals surface area contributed by atoms with Crippen LogP contribution in [0.2, 0.25) is 0 Å². The number of halogens is 1. The molecular formula is C30H27BrN4O3. The van der Waals surface area contributed by atoms with E-state index in [1.807, 2.05) is 66.1 Å². The maximum absolute atomic E-state index is 13.5. The first-order chi connectivity index (χ1) is 18.4. The van der Waals surface area contributed by atoms with E-state index in [1.54, 1.807) is 19.2 Å². The molecule has 38 heavy (non-hydrogen) atoms. The number of aromatic nitrogens is 2. The van der Waals surface area contributed by atoms with Crippen LogP contribution < -0.4 is 4.74 Å². The number of hydrogen-bond acceptors (Lipinski definition) is 5. The van der Waals surface area contributed by atoms with Gasteiger partial charge in [-0.2, -0.15) is 0 Å². The van der Waals surface area contributed by atoms with Gasteiger partial charge in [-0.25, -0.2) is 4.98 Å². The highest BCUT2D eigenvalue weighted by Gasteiger charge is 2.19. The Morgan fingerprint density at radius 1 is 1.05 bits per heavy atom. The van der Waals surface area contributed by atoms with Gasteiger partial charge in [-0.3, -0.25) is 4.79 Å². The number of aromatic hydroxyl groups is 1. The number of carbonyl (C=O) groups is 1. The van der Waals surface area contributed by atoms with Crippen molar-refractivity contribution in [2.45, 2.75) is 33.2 Å². The Labute approximate surface area is 228 Å². The van der Waals surface area contributed by atoms with Gasteiger partial charge in [0.1, 0.15) is 5.75 Å². The maximum Gasteiger partial charge on any atom is 0.296 e. The number of carbonyl (C=O) groups excluding carboxylic acids is 1. The van der Waals surface area contributed by atoms with E-state index in [-0.39, 0.29) is 11.6 Å². The largest absolute Gasteiger partial charge is 0.497 e. The zero-order valence-electron chi connectivity index (χ0n) is 21.4. The normalized spacial score (nSPS) is 11.6. The highest BCUT2D eigenvalue weighted by molar-refractivity contribution is 9.10. The van der Waals surface area contributed by atoms with Crippen molar-refractivity contribution in [3.05, 3.63) is 82.3 Å². The summed E-state index contributed by atoms with van der Waals surface area (Å²) in [5.74, 6) is 0.0757. The molecule has 5 rings (SSSR count). The Hall–Kier alpha value is -4.04. The van der Waals surface area contributed by atoms with Crippen LogP contribution in [0.4, 0.5) is 5.69 Å². The number of hydrogen-bond donors (Lipinski definition) is 1. The van der Waals surface area contributed by atoms with Crippen molar-refractivity contribution in [1.82, 2.24) is 9.55 Å². The Morgan fingerprint density at radius 2 is 1.84 bits per heavy atom. The summed E-state index contributed by atoms with van der Waals surface area (Å²) in [6, 6.07) is 20.8. The third-order valence-corrected chi connectivity index (χ3v) is 7.06. The van der Waals surface area contributed by atoms with Crippen LogP contribution in [0.25, 0.3) is 33.1 Å². The number of rotatable bonds is 7. The quantitative estimate of drug-likeness (QED) is 0.199. The van der Waals surface area contributed by atoms with Gasteiger partial charge in [0.05, 0.1) is 29.4 Å². The van der Waals surface area contributed by atoms with Gasteiger partial charge in [-0.15, -0.1) is 10.2 Å². The third-order valence-electron chi connectivity index (χ3n) is 6.53. The fraction of sp³-hybridized carbons (Fsp3) is 0.200. The molecule has 0 spiro atoms. The summed E-state index contributed by atoms with van der Waals surface area (Å²) < 4.78 is 8.17. The molecule has 0 aliphatic rings. The highest BCUT2D eigenvalue weighted by Crippen LogP contribution is 2.40. The first kappa shape index (κ1) is 25.6. The van der Waals surface area contributed by atoms with E-state index >= 15 is 0 Å². The summed E-state index contributed by atoms with van der Waals surface area (Å²) in [6.07, 6.45) is 1.89. The second kappa shape index (κ2) is 10.8. The second-order valence-corrected chi connectivity index (χ2v) is 10.1. The minimum Gasteiger partial charge on any atom is -0.497 e. The summed E-state index contributed by atoms with van der Waals surface area (Å²) >= 11 is 3.46. The number of nitrogens with zero attached hydrogens (tertiary/aromatic N) is 4. The summed E-state index contributed by atoms with van der Waals surface area (Å²) in [4.78, 5) is 18.3. The molecule has 0 unspecified atom stereocenters. The predicted octanol–water partition coefficient (Wildman–Crippen LogP) is 8.37. The first-order valence-electron chi connectivity index (χ1n) is 12.4. The van der Waals surface area contributed by atoms with Crippen LogP contribution >= 0.6 is 15.9 Å². The van der Waals surface area contributed by atoms with Gasteiger partial charge in [0, 0.05) is 27.4 Å². The van der Waals surface area contributed by atoms with Crippen LogP contribution in [0.3, 0.4) is 0 Å². The van der Waals surface area contributed by atoms with Crippen molar-refractivity contribution < 1.29 is 14.6 Å². The van der Waals surface area contributed by atoms with Crippen LogP contribution in [0.15, 0.2) is 81.4 Å². The van der Waals surface area contributed by atoms with Crippen molar-refractivity contribution >= 4 is 49.3 Å². The third kappa shape index (κ3) is 4.91. The number of aryl methyl sites for hydroxylation is 2. The Bertz CT molecular complexity index is 1690. The number of fused-ring (bicyclic) bond motifs is 2. The molecule has 0 saturated heterocycles. The predicted molar refractivity (Wildman–Crippen MR) is 154 cm³/mol. The van der Waals surface area contributed by atoms with Crippen LogP contribution in [0.5, 0.6) is 11.6 Å². The number of benzene rings is 3. The minimum absolute atomic E-state index is 0.00686. The molecule has 2 aromatic heterocycles. The van der Waals surface area contributed by atoms with Gasteiger partial charge in [0.2, 0.25) is 5.88 Å². The smallest absolute Gasteiger partial charge is 0.296 e. The van der Waals surface area contributed by atoms with Crippen molar-refractivity contribution in [3.63, 3.8) is 0 Å². The number of unbranched alkanes of at least 4 members (excludes halogenated alkanes) is 1. The summed E-state index contributed by atoms with van der Waals surface area (Å²) in [5.41, 5.74) is 4.67. The van der Waals surface area contributed by atoms with E-state index < -0.39 is 5.91 Å². The van der Waals surface area contributed by atoms with Crippen LogP contribution in [-0.2, 0) is 6.54 Å². The van der Waals surface area contributed by atoms with Gasteiger partial charge in [0.15, 0.2) is 5.69 Å². The van der Waals surface area contributed by atoms with Crippen molar-refractivity contribution in [2.24, 2.45) is 10.2 Å². The Morgan fingerprint density at radius 3 is 2.58 bits per heavy atom. The lowest BCUT2D eigenvalue weighted by atomic mass is 10.0. The number of pyridine rings is 1. The van der Waals surface area contributed by atoms with Crippen LogP contribution in [0.1, 0.15) is 35.7 Å². The molecule has 0 radical (unpaired) electrons. The van der Waals surface area contributed by atoms with E-state index in [1.165, 1.54) is 0 Å². The molecule has 7 nitrogen and oxygen atoms in total. The Balaban J connectivity index is 1.62. The molecule has 2 heterocycles. The average molecular weight is 571 g/mol. The molecule has 1 N–H and O–H groups in total. The highest BCUT2D eigenvalue weighted by atomic mass is 79.9. The van der Waals surface area contributed by atoms with Crippen LogP contribution in [-0.4, -0.2) is 27.7 Å². The molecule has 192 valence electrons. The van der Waals surface area contributed by atoms with Crippen molar-refractivity contribution in [3.8, 4) is 22.9 Å². The fourth-order valence-corrected chi connectivity index (χ4v) is 4.77. The molecule has 0 aliphatic heterocycles. The van der Waals surface area contributed by atoms with Gasteiger partial charge in [-0.05, 0) is 61.9 Å². The maximum atomic E-state index is 13.5. The monoisotopic (exact) mass is 570 g/mol. The van der Waals surface area contributed by atoms with Gasteiger partial charge < -0.3 is 14.4 Å². The molecule has 1 amide bonds. The molecule has 0 bridgehead atoms. The van der Waals surface area contributed by atoms with E-state index in [2.05, 4.69) is 33.1 Å². The lowest BCUT2D eigenvalue weighted by molar-refractivity contribution is 0.0996. The Kier molecular flexibility index (Phi) is 7.24. The minimum atomic E-state index is -0.537. The van der Waals surface area contributed by atoms with Crippen LogP contribution in [0, 0.1) is 6.92 Å². The van der Waals surface area contributed by atoms with Crippen molar-refractivity contribution in [1.29, 1.82) is 0 Å². The number of amides is 1. The van der Waals surface area contributed by atoms with Gasteiger partial charge in [0.25, 0.3) is 5.91 Å². The van der Waals surface area contributed by atoms with E-state index in [0.717, 1.165) is 39.3 Å². The number of ether oxygens (including phenoxy) is 1. The molecular weight excluding hydrogens is 544 g/mol. The average Bonchev–Trinajstić information content (AvgIpc) is 3.19.